The molecule has 0 atom stereocenters. The summed E-state index contributed by atoms with van der Waals surface area (Å²) in [5.74, 6) is -0.0142. The zero-order chi connectivity index (χ0) is 20.1. The van der Waals surface area contributed by atoms with Crippen molar-refractivity contribution in [1.29, 1.82) is 0 Å². The highest BCUT2D eigenvalue weighted by atomic mass is 35.5. The van der Waals surface area contributed by atoms with Crippen molar-refractivity contribution in [2.45, 2.75) is 13.8 Å². The van der Waals surface area contributed by atoms with Crippen molar-refractivity contribution >= 4 is 23.7 Å². The molecule has 2 aromatic carbocycles. The van der Waals surface area contributed by atoms with Crippen molar-refractivity contribution in [2.75, 3.05) is 6.61 Å². The lowest BCUT2D eigenvalue weighted by Gasteiger charge is -2.04. The maximum Gasteiger partial charge on any atom is 0.271 e. The van der Waals surface area contributed by atoms with Crippen molar-refractivity contribution in [2.24, 2.45) is 5.10 Å². The topological polar surface area (TPSA) is 68.5 Å². The van der Waals surface area contributed by atoms with Gasteiger partial charge in [0.25, 0.3) is 5.91 Å². The molecule has 3 aromatic rings. The molecule has 1 N–H and O–H groups in total. The third-order valence-corrected chi connectivity index (χ3v) is 4.27. The van der Waals surface area contributed by atoms with Crippen molar-refractivity contribution in [3.63, 3.8) is 0 Å². The largest absolute Gasteiger partial charge is 0.494 e. The van der Waals surface area contributed by atoms with Crippen LogP contribution in [0.5, 0.6) is 5.75 Å². The summed E-state index contributed by atoms with van der Waals surface area (Å²) in [6, 6.07) is 12.5. The Hall–Kier alpha value is -3.19. The molecule has 1 aromatic heterocycles. The molecule has 8 heteroatoms. The molecular weight excluding hydrogens is 383 g/mol. The van der Waals surface area contributed by atoms with Crippen LogP contribution in [0.25, 0.3) is 5.69 Å². The number of hydrogen-bond donors (Lipinski definition) is 1. The Balaban J connectivity index is 1.72. The number of benzene rings is 2. The quantitative estimate of drug-likeness (QED) is 0.499. The van der Waals surface area contributed by atoms with Gasteiger partial charge in [0.05, 0.1) is 29.8 Å². The normalized spacial score (nSPS) is 11.0. The maximum atomic E-state index is 13.1. The highest BCUT2D eigenvalue weighted by molar-refractivity contribution is 6.32. The van der Waals surface area contributed by atoms with Crippen molar-refractivity contribution in [1.82, 2.24) is 15.2 Å². The van der Waals surface area contributed by atoms with Crippen LogP contribution in [0.15, 0.2) is 53.6 Å². The summed E-state index contributed by atoms with van der Waals surface area (Å²) in [6.07, 6.45) is 1.43. The number of aromatic nitrogens is 2. The molecule has 0 bridgehead atoms. The third kappa shape index (κ3) is 4.37. The summed E-state index contributed by atoms with van der Waals surface area (Å²) in [6.45, 7) is 4.21. The smallest absolute Gasteiger partial charge is 0.271 e. The van der Waals surface area contributed by atoms with Gasteiger partial charge < -0.3 is 4.74 Å². The minimum Gasteiger partial charge on any atom is -0.494 e. The second-order valence-corrected chi connectivity index (χ2v) is 6.19. The van der Waals surface area contributed by atoms with E-state index in [4.69, 9.17) is 16.3 Å². The number of hydrazone groups is 1. The number of rotatable bonds is 6. The molecule has 0 radical (unpaired) electrons. The lowest BCUT2D eigenvalue weighted by molar-refractivity contribution is 0.0955. The van der Waals surface area contributed by atoms with E-state index >= 15 is 0 Å². The molecular formula is C20H18ClFN4O2. The molecule has 0 saturated carbocycles. The highest BCUT2D eigenvalue weighted by Crippen LogP contribution is 2.22. The molecule has 0 aliphatic rings. The number of carbonyl (C=O) groups is 1. The molecule has 3 rings (SSSR count). The van der Waals surface area contributed by atoms with E-state index in [1.54, 1.807) is 43.3 Å². The number of carbonyl (C=O) groups excluding carboxylic acids is 1. The zero-order valence-corrected chi connectivity index (χ0v) is 16.1. The van der Waals surface area contributed by atoms with Crippen LogP contribution >= 0.6 is 11.6 Å². The lowest BCUT2D eigenvalue weighted by atomic mass is 10.2. The van der Waals surface area contributed by atoms with E-state index in [1.165, 1.54) is 23.0 Å². The molecule has 28 heavy (non-hydrogen) atoms. The Morgan fingerprint density at radius 1 is 1.25 bits per heavy atom. The first kappa shape index (κ1) is 19.6. The van der Waals surface area contributed by atoms with Crippen LogP contribution in [0, 0.1) is 12.7 Å². The van der Waals surface area contributed by atoms with Crippen LogP contribution < -0.4 is 10.2 Å². The van der Waals surface area contributed by atoms with Gasteiger partial charge >= 0.3 is 0 Å². The lowest BCUT2D eigenvalue weighted by Crippen LogP contribution is -2.17. The molecule has 0 aliphatic carbocycles. The van der Waals surface area contributed by atoms with Crippen LogP contribution in [0.3, 0.4) is 0 Å². The first-order valence-electron chi connectivity index (χ1n) is 8.57. The molecule has 0 fully saturated rings. The Morgan fingerprint density at radius 2 is 1.93 bits per heavy atom. The van der Waals surface area contributed by atoms with Crippen LogP contribution in [-0.4, -0.2) is 28.5 Å². The van der Waals surface area contributed by atoms with E-state index in [1.807, 2.05) is 6.92 Å². The van der Waals surface area contributed by atoms with Gasteiger partial charge in [0, 0.05) is 5.56 Å². The Bertz CT molecular complexity index is 998. The maximum absolute atomic E-state index is 13.1. The van der Waals surface area contributed by atoms with Crippen LogP contribution in [0.1, 0.15) is 28.5 Å². The average Bonchev–Trinajstić information content (AvgIpc) is 2.97. The number of nitrogens with one attached hydrogen (secondary N) is 1. The van der Waals surface area contributed by atoms with Crippen LogP contribution in [0.4, 0.5) is 4.39 Å². The van der Waals surface area contributed by atoms with Crippen molar-refractivity contribution in [3.05, 3.63) is 76.3 Å². The van der Waals surface area contributed by atoms with Gasteiger partial charge in [0.15, 0.2) is 0 Å². The van der Waals surface area contributed by atoms with E-state index in [0.29, 0.717) is 40.0 Å². The second-order valence-electron chi connectivity index (χ2n) is 5.83. The number of aryl methyl sites for hydroxylation is 1. The van der Waals surface area contributed by atoms with Gasteiger partial charge in [0.2, 0.25) is 0 Å². The first-order valence-corrected chi connectivity index (χ1v) is 8.94. The molecule has 1 amide bonds. The third-order valence-electron chi connectivity index (χ3n) is 3.91. The molecule has 0 spiro atoms. The van der Waals surface area contributed by atoms with E-state index in [9.17, 15) is 9.18 Å². The van der Waals surface area contributed by atoms with Gasteiger partial charge in [-0.15, -0.1) is 0 Å². The van der Waals surface area contributed by atoms with Crippen LogP contribution in [-0.2, 0) is 0 Å². The average molecular weight is 401 g/mol. The first-order chi connectivity index (χ1) is 13.5. The van der Waals surface area contributed by atoms with E-state index in [2.05, 4.69) is 15.6 Å². The predicted octanol–water partition coefficient (Wildman–Crippen LogP) is 4.14. The van der Waals surface area contributed by atoms with E-state index < -0.39 is 0 Å². The number of hydrogen-bond acceptors (Lipinski definition) is 4. The molecule has 6 nitrogen and oxygen atoms in total. The van der Waals surface area contributed by atoms with Gasteiger partial charge in [-0.1, -0.05) is 11.6 Å². The molecule has 0 unspecified atom stereocenters. The fourth-order valence-corrected chi connectivity index (χ4v) is 2.82. The van der Waals surface area contributed by atoms with Gasteiger partial charge in [-0.2, -0.15) is 10.2 Å². The second kappa shape index (κ2) is 8.67. The zero-order valence-electron chi connectivity index (χ0n) is 15.3. The molecule has 0 aliphatic heterocycles. The number of amides is 1. The summed E-state index contributed by atoms with van der Waals surface area (Å²) >= 11 is 6.37. The monoisotopic (exact) mass is 400 g/mol. The van der Waals surface area contributed by atoms with E-state index in [0.717, 1.165) is 0 Å². The van der Waals surface area contributed by atoms with Crippen LogP contribution in [0.2, 0.25) is 5.15 Å². The molecule has 1 heterocycles. The van der Waals surface area contributed by atoms with Gasteiger partial charge in [-0.05, 0) is 62.4 Å². The summed E-state index contributed by atoms with van der Waals surface area (Å²) < 4.78 is 19.9. The summed E-state index contributed by atoms with van der Waals surface area (Å²) in [5, 5.41) is 8.61. The SMILES string of the molecule is CCOc1ccc(C(=O)N/N=C/c2c(C)nn(-c3ccc(F)cc3)c2Cl)cc1. The van der Waals surface area contributed by atoms with Gasteiger partial charge in [0.1, 0.15) is 16.7 Å². The Morgan fingerprint density at radius 3 is 2.57 bits per heavy atom. The fourth-order valence-electron chi connectivity index (χ4n) is 2.50. The molecule has 144 valence electrons. The Labute approximate surface area is 166 Å². The van der Waals surface area contributed by atoms with Crippen molar-refractivity contribution in [3.8, 4) is 11.4 Å². The summed E-state index contributed by atoms with van der Waals surface area (Å²) in [4.78, 5) is 12.2. The molecule has 0 saturated heterocycles. The fraction of sp³-hybridized carbons (Fsp3) is 0.150. The summed E-state index contributed by atoms with van der Waals surface area (Å²) in [5.41, 5.74) is 4.69. The number of nitrogens with zero attached hydrogens (tertiary/aromatic N) is 3. The predicted molar refractivity (Wildman–Crippen MR) is 106 cm³/mol. The number of halogens is 2. The highest BCUT2D eigenvalue weighted by Gasteiger charge is 2.13. The minimum atomic E-state index is -0.362. The number of ether oxygens (including phenoxy) is 1. The van der Waals surface area contributed by atoms with Gasteiger partial charge in [-0.3, -0.25) is 4.79 Å². The van der Waals surface area contributed by atoms with E-state index in [-0.39, 0.29) is 11.7 Å². The minimum absolute atomic E-state index is 0.308. The standard InChI is InChI=1S/C20H18ClFN4O2/c1-3-28-17-10-4-14(5-11-17)20(27)24-23-12-18-13(2)25-26(19(18)21)16-8-6-15(22)7-9-16/h4-12H,3H2,1-2H3,(H,24,27)/b23-12+. The van der Waals surface area contributed by atoms with Crippen molar-refractivity contribution < 1.29 is 13.9 Å². The summed E-state index contributed by atoms with van der Waals surface area (Å²) in [7, 11) is 0. The Kier molecular flexibility index (Phi) is 6.06. The van der Waals surface area contributed by atoms with Gasteiger partial charge in [-0.25, -0.2) is 14.5 Å².